The molecule has 0 aliphatic carbocycles. The van der Waals surface area contributed by atoms with Crippen molar-refractivity contribution in [3.63, 3.8) is 0 Å². The zero-order valence-corrected chi connectivity index (χ0v) is 23.4. The Labute approximate surface area is 229 Å². The molecular weight excluding hydrogens is 582 g/mol. The van der Waals surface area contributed by atoms with Crippen LogP contribution in [-0.2, 0) is 23.5 Å². The van der Waals surface area contributed by atoms with Gasteiger partial charge in [0.2, 0.25) is 5.95 Å². The van der Waals surface area contributed by atoms with Crippen molar-refractivity contribution >= 4 is 53.4 Å². The number of alkyl halides is 2. The molecule has 1 aromatic heterocycles. The van der Waals surface area contributed by atoms with Crippen molar-refractivity contribution in [1.29, 1.82) is 0 Å². The fourth-order valence-corrected chi connectivity index (χ4v) is 4.84. The van der Waals surface area contributed by atoms with Crippen LogP contribution in [0, 0.1) is 0 Å². The van der Waals surface area contributed by atoms with Crippen LogP contribution in [0.25, 0.3) is 0 Å². The Bertz CT molecular complexity index is 1470. The number of anilines is 4. The average Bonchev–Trinajstić information content (AvgIpc) is 2.81. The largest absolute Gasteiger partial charge is 0.488 e. The molecule has 0 atom stereocenters. The first kappa shape index (κ1) is 28.9. The summed E-state index contributed by atoms with van der Waals surface area (Å²) in [5.41, 5.74) is 2.44. The number of hydrogen-bond donors (Lipinski definition) is 2. The quantitative estimate of drug-likeness (QED) is 0.216. The van der Waals surface area contributed by atoms with Gasteiger partial charge in [0.05, 0.1) is 25.7 Å². The molecule has 16 heteroatoms. The molecule has 0 amide bonds. The van der Waals surface area contributed by atoms with E-state index in [1.165, 1.54) is 24.4 Å². The number of nitrogens with one attached hydrogen (secondary N) is 2. The summed E-state index contributed by atoms with van der Waals surface area (Å²) in [5.74, 6) is -0.0334. The fourth-order valence-electron chi connectivity index (χ4n) is 3.83. The number of benzene rings is 2. The van der Waals surface area contributed by atoms with Crippen molar-refractivity contribution < 1.29 is 34.5 Å². The molecule has 0 saturated heterocycles. The standard InChI is InChI=1S/C23H24ClF3N5O5PS/c1-32-7-6-13-9-19(35-22(25)26)18(8-14(13)12-32)30-23-28-11-16(24)21(31-23)29-17-5-4-15(37-39(27,33)34)10-20(17)36-38(2)3/h4-5,8-11,22H,6-7,12H2,1-3H3,(H2,28,29,30,31). The molecule has 39 heavy (non-hydrogen) atoms. The van der Waals surface area contributed by atoms with E-state index in [9.17, 15) is 21.1 Å². The molecule has 210 valence electrons. The van der Waals surface area contributed by atoms with Crippen LogP contribution in [0.3, 0.4) is 0 Å². The highest BCUT2D eigenvalue weighted by molar-refractivity contribution is 7.81. The molecule has 0 fully saturated rings. The third kappa shape index (κ3) is 7.98. The minimum atomic E-state index is -5.24. The lowest BCUT2D eigenvalue weighted by molar-refractivity contribution is -0.0494. The number of nitrogens with zero attached hydrogens (tertiary/aromatic N) is 3. The van der Waals surface area contributed by atoms with E-state index in [4.69, 9.17) is 20.9 Å². The third-order valence-electron chi connectivity index (χ3n) is 5.39. The lowest BCUT2D eigenvalue weighted by Gasteiger charge is -2.26. The summed E-state index contributed by atoms with van der Waals surface area (Å²) >= 11 is 6.30. The summed E-state index contributed by atoms with van der Waals surface area (Å²) in [6.07, 6.45) is 2.00. The van der Waals surface area contributed by atoms with Gasteiger partial charge in [-0.1, -0.05) is 15.5 Å². The zero-order valence-electron chi connectivity index (χ0n) is 20.9. The minimum absolute atomic E-state index is 0.0318. The first-order valence-electron chi connectivity index (χ1n) is 11.4. The molecule has 2 N–H and O–H groups in total. The van der Waals surface area contributed by atoms with Crippen molar-refractivity contribution in [2.24, 2.45) is 0 Å². The number of aromatic nitrogens is 2. The molecule has 0 saturated carbocycles. The van der Waals surface area contributed by atoms with Gasteiger partial charge in [-0.25, -0.2) is 4.98 Å². The fraction of sp³-hybridized carbons (Fsp3) is 0.304. The van der Waals surface area contributed by atoms with Gasteiger partial charge in [-0.3, -0.25) is 0 Å². The number of rotatable bonds is 10. The van der Waals surface area contributed by atoms with Crippen LogP contribution in [-0.4, -0.2) is 56.8 Å². The Kier molecular flexibility index (Phi) is 8.90. The van der Waals surface area contributed by atoms with Crippen molar-refractivity contribution in [3.05, 3.63) is 52.7 Å². The van der Waals surface area contributed by atoms with E-state index >= 15 is 0 Å². The maximum Gasteiger partial charge on any atom is 0.488 e. The molecule has 0 bridgehead atoms. The van der Waals surface area contributed by atoms with E-state index in [1.807, 2.05) is 7.05 Å². The predicted molar refractivity (Wildman–Crippen MR) is 143 cm³/mol. The van der Waals surface area contributed by atoms with Crippen LogP contribution in [0.2, 0.25) is 5.02 Å². The highest BCUT2D eigenvalue weighted by Crippen LogP contribution is 2.40. The van der Waals surface area contributed by atoms with Gasteiger partial charge in [0.1, 0.15) is 22.3 Å². The van der Waals surface area contributed by atoms with Crippen molar-refractivity contribution in [2.75, 3.05) is 37.6 Å². The molecule has 0 radical (unpaired) electrons. The van der Waals surface area contributed by atoms with Crippen LogP contribution in [0.5, 0.6) is 17.2 Å². The minimum Gasteiger partial charge on any atom is -0.472 e. The molecule has 4 rings (SSSR count). The van der Waals surface area contributed by atoms with E-state index < -0.39 is 25.3 Å². The summed E-state index contributed by atoms with van der Waals surface area (Å²) in [4.78, 5) is 10.6. The molecule has 10 nitrogen and oxygen atoms in total. The van der Waals surface area contributed by atoms with Gasteiger partial charge in [-0.05, 0) is 62.2 Å². The number of ether oxygens (including phenoxy) is 1. The Morgan fingerprint density at radius 3 is 2.56 bits per heavy atom. The lowest BCUT2D eigenvalue weighted by atomic mass is 9.99. The molecule has 1 aliphatic rings. The number of likely N-dealkylation sites (N-methyl/N-ethyl adjacent to an activating group) is 1. The Morgan fingerprint density at radius 1 is 1.10 bits per heavy atom. The maximum absolute atomic E-state index is 13.1. The van der Waals surface area contributed by atoms with E-state index in [1.54, 1.807) is 25.5 Å². The van der Waals surface area contributed by atoms with Crippen LogP contribution >= 0.6 is 19.7 Å². The molecular formula is C23H24ClF3N5O5PS. The third-order valence-corrected chi connectivity index (χ3v) is 6.62. The van der Waals surface area contributed by atoms with Gasteiger partial charge < -0.3 is 29.0 Å². The van der Waals surface area contributed by atoms with Gasteiger partial charge in [0.25, 0.3) is 0 Å². The molecule has 2 aromatic carbocycles. The molecule has 0 spiro atoms. The molecule has 0 unspecified atom stereocenters. The van der Waals surface area contributed by atoms with Gasteiger partial charge in [0, 0.05) is 19.2 Å². The first-order valence-corrected chi connectivity index (χ1v) is 15.2. The summed E-state index contributed by atoms with van der Waals surface area (Å²) in [6.45, 7) is 2.00. The number of fused-ring (bicyclic) bond motifs is 1. The lowest BCUT2D eigenvalue weighted by Crippen LogP contribution is -2.26. The van der Waals surface area contributed by atoms with Crippen molar-refractivity contribution in [2.45, 2.75) is 19.6 Å². The maximum atomic E-state index is 13.1. The number of halogens is 4. The predicted octanol–water partition coefficient (Wildman–Crippen LogP) is 5.83. The summed E-state index contributed by atoms with van der Waals surface area (Å²) in [7, 11) is -4.25. The molecule has 1 aliphatic heterocycles. The summed E-state index contributed by atoms with van der Waals surface area (Å²) in [5, 5.41) is 6.01. The van der Waals surface area contributed by atoms with Crippen molar-refractivity contribution in [3.8, 4) is 17.2 Å². The monoisotopic (exact) mass is 605 g/mol. The summed E-state index contributed by atoms with van der Waals surface area (Å²) < 4.78 is 75.9. The van der Waals surface area contributed by atoms with Crippen molar-refractivity contribution in [1.82, 2.24) is 14.9 Å². The van der Waals surface area contributed by atoms with Crippen LogP contribution in [0.15, 0.2) is 36.5 Å². The van der Waals surface area contributed by atoms with Gasteiger partial charge >= 0.3 is 17.1 Å². The molecule has 3 aromatic rings. The first-order chi connectivity index (χ1) is 18.4. The van der Waals surface area contributed by atoms with Crippen LogP contribution in [0.1, 0.15) is 11.1 Å². The molecule has 2 heterocycles. The SMILES string of the molecule is CN1CCc2cc(OC(F)F)c(Nc3ncc(Cl)c(Nc4ccc(OS(=O)(=O)F)cc4OP(C)C)n3)cc2C1. The highest BCUT2D eigenvalue weighted by atomic mass is 35.5. The highest BCUT2D eigenvalue weighted by Gasteiger charge is 2.20. The number of hydrogen-bond acceptors (Lipinski definition) is 10. The van der Waals surface area contributed by atoms with Gasteiger partial charge in [-0.2, -0.15) is 22.2 Å². The second-order valence-corrected chi connectivity index (χ2v) is 11.8. The zero-order chi connectivity index (χ0) is 28.3. The van der Waals surface area contributed by atoms with E-state index in [0.717, 1.165) is 17.7 Å². The van der Waals surface area contributed by atoms with E-state index in [-0.39, 0.29) is 39.7 Å². The summed E-state index contributed by atoms with van der Waals surface area (Å²) in [6, 6.07) is 7.13. The van der Waals surface area contributed by atoms with Gasteiger partial charge in [-0.15, -0.1) is 0 Å². The second-order valence-electron chi connectivity index (χ2n) is 8.66. The Morgan fingerprint density at radius 2 is 1.87 bits per heavy atom. The van der Waals surface area contributed by atoms with E-state index in [2.05, 4.69) is 29.7 Å². The smallest absolute Gasteiger partial charge is 0.472 e. The normalized spacial score (nSPS) is 13.8. The van der Waals surface area contributed by atoms with Crippen LogP contribution in [0.4, 0.5) is 35.8 Å². The topological polar surface area (TPSA) is 115 Å². The van der Waals surface area contributed by atoms with Crippen LogP contribution < -0.4 is 24.1 Å². The Balaban J connectivity index is 1.64. The van der Waals surface area contributed by atoms with Gasteiger partial charge in [0.15, 0.2) is 5.82 Å². The average molecular weight is 606 g/mol. The Hall–Kier alpha value is -3.06. The van der Waals surface area contributed by atoms with E-state index in [0.29, 0.717) is 18.7 Å². The second kappa shape index (κ2) is 12.0.